The molecule has 0 saturated carbocycles. The fourth-order valence-corrected chi connectivity index (χ4v) is 4.25. The first-order valence-electron chi connectivity index (χ1n) is 8.53. The van der Waals surface area contributed by atoms with E-state index in [-0.39, 0.29) is 5.56 Å². The minimum absolute atomic E-state index is 0.186. The molecule has 1 aliphatic rings. The van der Waals surface area contributed by atoms with Crippen molar-refractivity contribution in [2.45, 2.75) is 25.8 Å². The zero-order valence-corrected chi connectivity index (χ0v) is 15.8. The number of halogens is 2. The van der Waals surface area contributed by atoms with Crippen LogP contribution in [-0.2, 0) is 16.4 Å². The predicted octanol–water partition coefficient (Wildman–Crippen LogP) is 3.17. The summed E-state index contributed by atoms with van der Waals surface area (Å²) in [5, 5.41) is 2.69. The van der Waals surface area contributed by atoms with Gasteiger partial charge in [-0.25, -0.2) is 17.2 Å². The Morgan fingerprint density at radius 3 is 2.59 bits per heavy atom. The molecule has 8 heteroatoms. The van der Waals surface area contributed by atoms with Gasteiger partial charge < -0.3 is 5.32 Å². The third-order valence-electron chi connectivity index (χ3n) is 4.59. The number of fused-ring (bicyclic) bond motifs is 1. The van der Waals surface area contributed by atoms with E-state index < -0.39 is 33.6 Å². The monoisotopic (exact) mass is 394 g/mol. The first kappa shape index (κ1) is 19.3. The van der Waals surface area contributed by atoms with Crippen molar-refractivity contribution in [3.8, 4) is 0 Å². The Hall–Kier alpha value is -2.48. The largest absolute Gasteiger partial charge is 0.345 e. The van der Waals surface area contributed by atoms with E-state index in [1.54, 1.807) is 25.1 Å². The summed E-state index contributed by atoms with van der Waals surface area (Å²) in [5.74, 6) is -1.82. The molecule has 1 heterocycles. The molecule has 0 aromatic heterocycles. The van der Waals surface area contributed by atoms with Crippen LogP contribution in [0.15, 0.2) is 36.4 Å². The van der Waals surface area contributed by atoms with Crippen molar-refractivity contribution in [1.29, 1.82) is 0 Å². The number of nitrogens with one attached hydrogen (secondary N) is 1. The third-order valence-corrected chi connectivity index (χ3v) is 5.77. The molecular formula is C19H20F2N2O3S. The fourth-order valence-electron chi connectivity index (χ4n) is 3.26. The van der Waals surface area contributed by atoms with E-state index in [9.17, 15) is 22.0 Å². The minimum atomic E-state index is -3.38. The molecule has 0 radical (unpaired) electrons. The lowest BCUT2D eigenvalue weighted by Gasteiger charge is -2.29. The number of anilines is 1. The molecule has 2 aromatic carbocycles. The Bertz CT molecular complexity index is 992. The number of carbonyl (C=O) groups excluding carboxylic acids is 1. The summed E-state index contributed by atoms with van der Waals surface area (Å²) in [6, 6.07) is 7.39. The van der Waals surface area contributed by atoms with Gasteiger partial charge in [0.15, 0.2) is 0 Å². The summed E-state index contributed by atoms with van der Waals surface area (Å²) in [5.41, 5.74) is 1.90. The van der Waals surface area contributed by atoms with Gasteiger partial charge in [-0.2, -0.15) is 0 Å². The standard InChI is InChI=1S/C19H20F2N2O3S/c1-12(16-7-6-15(20)11-17(16)21)22-19(24)14-5-8-18-13(10-14)4-3-9-23(18)27(2,25)26/h5-8,10-12H,3-4,9H2,1-2H3,(H,22,24)/t12-/m1/s1. The van der Waals surface area contributed by atoms with E-state index in [2.05, 4.69) is 5.32 Å². The summed E-state index contributed by atoms with van der Waals surface area (Å²) >= 11 is 0. The normalized spacial score (nSPS) is 15.2. The third kappa shape index (κ3) is 4.10. The molecule has 27 heavy (non-hydrogen) atoms. The van der Waals surface area contributed by atoms with Gasteiger partial charge in [0.2, 0.25) is 10.0 Å². The molecule has 1 amide bonds. The zero-order chi connectivity index (χ0) is 19.8. The van der Waals surface area contributed by atoms with Gasteiger partial charge in [-0.1, -0.05) is 6.07 Å². The molecule has 1 atom stereocenters. The van der Waals surface area contributed by atoms with Gasteiger partial charge in [0.25, 0.3) is 5.91 Å². The van der Waals surface area contributed by atoms with Crippen LogP contribution in [0.1, 0.15) is 40.9 Å². The molecule has 0 unspecified atom stereocenters. The van der Waals surface area contributed by atoms with Crippen molar-refractivity contribution in [3.63, 3.8) is 0 Å². The molecule has 1 N–H and O–H groups in total. The number of benzene rings is 2. The summed E-state index contributed by atoms with van der Waals surface area (Å²) < 4.78 is 52.1. The maximum absolute atomic E-state index is 13.9. The first-order chi connectivity index (χ1) is 12.7. The van der Waals surface area contributed by atoms with Gasteiger partial charge in [-0.3, -0.25) is 9.10 Å². The van der Waals surface area contributed by atoms with Crippen LogP contribution >= 0.6 is 0 Å². The SMILES string of the molecule is C[C@@H](NC(=O)c1ccc2c(c1)CCCN2S(C)(=O)=O)c1ccc(F)cc1F. The van der Waals surface area contributed by atoms with Crippen LogP contribution in [0, 0.1) is 11.6 Å². The van der Waals surface area contributed by atoms with Gasteiger partial charge in [0.05, 0.1) is 18.0 Å². The van der Waals surface area contributed by atoms with Crippen LogP contribution < -0.4 is 9.62 Å². The smallest absolute Gasteiger partial charge is 0.251 e. The van der Waals surface area contributed by atoms with E-state index in [1.807, 2.05) is 0 Å². The minimum Gasteiger partial charge on any atom is -0.345 e. The Labute approximate surface area is 157 Å². The molecule has 0 saturated heterocycles. The molecule has 0 fully saturated rings. The average molecular weight is 394 g/mol. The highest BCUT2D eigenvalue weighted by atomic mass is 32.2. The van der Waals surface area contributed by atoms with E-state index >= 15 is 0 Å². The van der Waals surface area contributed by atoms with Gasteiger partial charge >= 0.3 is 0 Å². The number of nitrogens with zero attached hydrogens (tertiary/aromatic N) is 1. The first-order valence-corrected chi connectivity index (χ1v) is 10.4. The molecule has 5 nitrogen and oxygen atoms in total. The number of carbonyl (C=O) groups is 1. The molecule has 0 bridgehead atoms. The highest BCUT2D eigenvalue weighted by Gasteiger charge is 2.25. The van der Waals surface area contributed by atoms with Crippen LogP contribution in [-0.4, -0.2) is 27.1 Å². The lowest BCUT2D eigenvalue weighted by Crippen LogP contribution is -2.35. The van der Waals surface area contributed by atoms with Crippen LogP contribution in [0.2, 0.25) is 0 Å². The molecule has 3 rings (SSSR count). The van der Waals surface area contributed by atoms with Crippen LogP contribution in [0.3, 0.4) is 0 Å². The van der Waals surface area contributed by atoms with Gasteiger partial charge in [-0.15, -0.1) is 0 Å². The molecule has 1 aliphatic heterocycles. The van der Waals surface area contributed by atoms with Crippen LogP contribution in [0.4, 0.5) is 14.5 Å². The quantitative estimate of drug-likeness (QED) is 0.866. The van der Waals surface area contributed by atoms with Crippen molar-refractivity contribution in [1.82, 2.24) is 5.32 Å². The van der Waals surface area contributed by atoms with Crippen LogP contribution in [0.25, 0.3) is 0 Å². The maximum Gasteiger partial charge on any atom is 0.251 e. The van der Waals surface area contributed by atoms with Crippen molar-refractivity contribution in [2.24, 2.45) is 0 Å². The van der Waals surface area contributed by atoms with E-state index in [4.69, 9.17) is 0 Å². The van der Waals surface area contributed by atoms with E-state index in [0.29, 0.717) is 30.6 Å². The second-order valence-electron chi connectivity index (χ2n) is 6.64. The highest BCUT2D eigenvalue weighted by Crippen LogP contribution is 2.30. The number of hydrogen-bond acceptors (Lipinski definition) is 3. The summed E-state index contributed by atoms with van der Waals surface area (Å²) in [6.45, 7) is 2.02. The summed E-state index contributed by atoms with van der Waals surface area (Å²) in [6.07, 6.45) is 2.49. The Kier molecular flexibility index (Phi) is 5.19. The number of aryl methyl sites for hydroxylation is 1. The fraction of sp³-hybridized carbons (Fsp3) is 0.316. The van der Waals surface area contributed by atoms with Gasteiger partial charge in [-0.05, 0) is 49.6 Å². The predicted molar refractivity (Wildman–Crippen MR) is 99.2 cm³/mol. The number of rotatable bonds is 4. The Morgan fingerprint density at radius 2 is 1.93 bits per heavy atom. The molecular weight excluding hydrogens is 374 g/mol. The second kappa shape index (κ2) is 7.26. The van der Waals surface area contributed by atoms with E-state index in [1.165, 1.54) is 10.4 Å². The number of hydrogen-bond donors (Lipinski definition) is 1. The van der Waals surface area contributed by atoms with Gasteiger partial charge in [0.1, 0.15) is 11.6 Å². The van der Waals surface area contributed by atoms with Crippen molar-refractivity contribution in [3.05, 3.63) is 64.7 Å². The summed E-state index contributed by atoms with van der Waals surface area (Å²) in [4.78, 5) is 12.5. The van der Waals surface area contributed by atoms with Gasteiger partial charge in [0, 0.05) is 23.7 Å². The van der Waals surface area contributed by atoms with Crippen molar-refractivity contribution >= 4 is 21.6 Å². The molecule has 144 valence electrons. The molecule has 0 spiro atoms. The average Bonchev–Trinajstić information content (AvgIpc) is 2.59. The number of amides is 1. The lowest BCUT2D eigenvalue weighted by molar-refractivity contribution is 0.0939. The Morgan fingerprint density at radius 1 is 1.19 bits per heavy atom. The topological polar surface area (TPSA) is 66.5 Å². The lowest BCUT2D eigenvalue weighted by atomic mass is 10.00. The molecule has 2 aromatic rings. The number of sulfonamides is 1. The summed E-state index contributed by atoms with van der Waals surface area (Å²) in [7, 11) is -3.38. The van der Waals surface area contributed by atoms with Crippen LogP contribution in [0.5, 0.6) is 0 Å². The zero-order valence-electron chi connectivity index (χ0n) is 15.0. The Balaban J connectivity index is 1.82. The maximum atomic E-state index is 13.9. The van der Waals surface area contributed by atoms with Crippen molar-refractivity contribution in [2.75, 3.05) is 17.1 Å². The second-order valence-corrected chi connectivity index (χ2v) is 8.55. The van der Waals surface area contributed by atoms with Crippen molar-refractivity contribution < 1.29 is 22.0 Å². The molecule has 0 aliphatic carbocycles. The van der Waals surface area contributed by atoms with E-state index in [0.717, 1.165) is 24.0 Å². The highest BCUT2D eigenvalue weighted by molar-refractivity contribution is 7.92.